The van der Waals surface area contributed by atoms with Crippen LogP contribution in [0.25, 0.3) is 24.3 Å². The van der Waals surface area contributed by atoms with Crippen LogP contribution in [0.3, 0.4) is 0 Å². The molecule has 8 aliphatic rings. The van der Waals surface area contributed by atoms with E-state index in [0.29, 0.717) is 44.5 Å². The Morgan fingerprint density at radius 2 is 0.696 bits per heavy atom. The van der Waals surface area contributed by atoms with Gasteiger partial charge < -0.3 is 10.6 Å². The van der Waals surface area contributed by atoms with Gasteiger partial charge in [-0.3, -0.25) is 0 Å². The summed E-state index contributed by atoms with van der Waals surface area (Å²) < 4.78 is 83.3. The Labute approximate surface area is 324 Å². The number of aliphatic imine (C=N–C) groups is 4. The average Bonchev–Trinajstić information content (AvgIpc) is 3.65. The molecule has 2 aromatic heterocycles. The molecule has 0 N–H and O–H groups in total. The van der Waals surface area contributed by atoms with Crippen molar-refractivity contribution >= 4 is 74.3 Å². The number of halogens is 5. The van der Waals surface area contributed by atoms with Gasteiger partial charge in [0.25, 0.3) is 0 Å². The van der Waals surface area contributed by atoms with E-state index in [-0.39, 0.29) is 46.0 Å². The van der Waals surface area contributed by atoms with E-state index in [1.54, 1.807) is 48.6 Å². The second-order valence-corrected chi connectivity index (χ2v) is 16.5. The van der Waals surface area contributed by atoms with Crippen molar-refractivity contribution in [1.82, 2.24) is 7.10 Å². The SMILES string of the molecule is CC.CC1(F)C=CC2=C(C=C1)C1=Nc3c4c(c5[n]3[Al]([F])[n]3c(c6c(c3=NC3=NC(=N5)C5=C3C=CC(C)(F)C=C5)C=CC(C)(F)C=C6)=NC2=N1)C=CC(C)(F)C=C4. The van der Waals surface area contributed by atoms with Crippen LogP contribution in [0, 0.1) is 0 Å². The summed E-state index contributed by atoms with van der Waals surface area (Å²) in [7, 11) is 0. The molecule has 0 fully saturated rings. The van der Waals surface area contributed by atoms with Gasteiger partial charge in [0.15, 0.2) is 23.3 Å². The van der Waals surface area contributed by atoms with E-state index in [9.17, 15) is 0 Å². The van der Waals surface area contributed by atoms with Gasteiger partial charge in [-0.1, -0.05) is 62.5 Å². The number of allylic oxidation sites excluding steroid dienone is 8. The van der Waals surface area contributed by atoms with E-state index in [0.717, 1.165) is 0 Å². The van der Waals surface area contributed by atoms with Crippen LogP contribution in [0.5, 0.6) is 0 Å². The Morgan fingerprint density at radius 3 is 1.04 bits per heavy atom. The van der Waals surface area contributed by atoms with E-state index in [2.05, 4.69) is 0 Å². The van der Waals surface area contributed by atoms with E-state index >= 15 is 21.1 Å². The standard InChI is InChI=1S/C40H28F4N8.C2H6.Al.FH/c1-37(41)13-5-21-22(6-14-37)30-45-29(21)49-31-23-7-15-38(2,42)17-9-25(23)33(46-31)51-35-27-11-19-40(4,44)20-12-28(27)36(48-35)52-34-26-10-18-39(3,43)16-8-24(26)32(47-34)50-30;1-2;;/h5-20H,1-4H3;1-2H3;;1H/q-2;;+3;/p-1. The van der Waals surface area contributed by atoms with Crippen molar-refractivity contribution in [2.75, 3.05) is 0 Å². The number of rotatable bonds is 0. The minimum atomic E-state index is -4.15. The highest BCUT2D eigenvalue weighted by Gasteiger charge is 2.44. The molecule has 2 atom stereocenters. The van der Waals surface area contributed by atoms with Gasteiger partial charge in [-0.2, -0.15) is 0 Å². The molecule has 280 valence electrons. The maximum Gasteiger partial charge on any atom is 0.852 e. The monoisotopic (exact) mass is 772 g/mol. The van der Waals surface area contributed by atoms with Crippen LogP contribution < -0.4 is 11.0 Å². The zero-order chi connectivity index (χ0) is 39.5. The summed E-state index contributed by atoms with van der Waals surface area (Å²) in [6.45, 7) is 9.59. The number of amidine groups is 4. The largest absolute Gasteiger partial charge is 0.852 e. The molecule has 0 spiro atoms. The first-order valence-corrected chi connectivity index (χ1v) is 19.8. The van der Waals surface area contributed by atoms with Gasteiger partial charge in [-0.25, -0.2) is 47.5 Å². The van der Waals surface area contributed by atoms with Crippen LogP contribution in [0.2, 0.25) is 0 Å². The van der Waals surface area contributed by atoms with Crippen molar-refractivity contribution in [3.8, 4) is 0 Å². The van der Waals surface area contributed by atoms with Gasteiger partial charge in [0.2, 0.25) is 0 Å². The van der Waals surface area contributed by atoms with E-state index in [1.165, 1.54) is 83.4 Å². The smallest absolute Gasteiger partial charge is 0.363 e. The zero-order valence-corrected chi connectivity index (χ0v) is 32.4. The van der Waals surface area contributed by atoms with Crippen LogP contribution in [0.4, 0.5) is 32.7 Å². The Hall–Kier alpha value is -5.58. The van der Waals surface area contributed by atoms with Gasteiger partial charge in [-0.05, 0) is 76.3 Å². The first kappa shape index (κ1) is 36.1. The maximum atomic E-state index is 18.4. The van der Waals surface area contributed by atoms with Crippen LogP contribution >= 0.6 is 0 Å². The van der Waals surface area contributed by atoms with Gasteiger partial charge >= 0.3 is 15.0 Å². The third kappa shape index (κ3) is 5.68. The molecule has 2 aromatic rings. The Morgan fingerprint density at radius 1 is 0.411 bits per heavy atom. The van der Waals surface area contributed by atoms with E-state index in [4.69, 9.17) is 30.0 Å². The summed E-state index contributed by atoms with van der Waals surface area (Å²) in [6, 6.07) is 0. The highest BCUT2D eigenvalue weighted by Crippen LogP contribution is 2.44. The number of alkyl halides is 4. The molecule has 6 heterocycles. The normalized spacial score (nSPS) is 29.6. The first-order chi connectivity index (χ1) is 26.6. The lowest BCUT2D eigenvalue weighted by Crippen LogP contribution is -2.44. The topological polar surface area (TPSA) is 84.0 Å². The summed E-state index contributed by atoms with van der Waals surface area (Å²) >= 11 is -4.15. The summed E-state index contributed by atoms with van der Waals surface area (Å²) in [6.07, 6.45) is 23.4. The number of aromatic nitrogens is 2. The van der Waals surface area contributed by atoms with Crippen molar-refractivity contribution < 1.29 is 21.1 Å². The summed E-state index contributed by atoms with van der Waals surface area (Å²) in [5, 5.41) is 0. The Kier molecular flexibility index (Phi) is 7.87. The average molecular weight is 773 g/mol. The molecule has 0 amide bonds. The summed E-state index contributed by atoms with van der Waals surface area (Å²) in [5.41, 5.74) is -3.92. The third-order valence-corrected chi connectivity index (χ3v) is 12.1. The molecular formula is C42H34AlF5N8. The second-order valence-electron chi connectivity index (χ2n) is 14.9. The molecule has 6 bridgehead atoms. The predicted octanol–water partition coefficient (Wildman–Crippen LogP) is 8.66. The van der Waals surface area contributed by atoms with Crippen LogP contribution in [0.15, 0.2) is 125 Å². The predicted molar refractivity (Wildman–Crippen MR) is 214 cm³/mol. The first-order valence-electron chi connectivity index (χ1n) is 18.4. The highest BCUT2D eigenvalue weighted by atomic mass is 27.3. The van der Waals surface area contributed by atoms with Crippen LogP contribution in [0.1, 0.15) is 63.8 Å². The van der Waals surface area contributed by atoms with Gasteiger partial charge in [0.1, 0.15) is 45.3 Å². The van der Waals surface area contributed by atoms with Crippen molar-refractivity contribution in [3.05, 3.63) is 128 Å². The number of nitrogens with zero attached hydrogens (tertiary/aromatic N) is 8. The minimum absolute atomic E-state index is 0.0910. The van der Waals surface area contributed by atoms with E-state index in [1.807, 2.05) is 13.8 Å². The Balaban J connectivity index is 0.00000202. The molecule has 2 unspecified atom stereocenters. The quantitative estimate of drug-likeness (QED) is 0.190. The van der Waals surface area contributed by atoms with E-state index < -0.39 is 37.7 Å². The fourth-order valence-corrected chi connectivity index (χ4v) is 9.17. The number of fused-ring (bicyclic) bond motifs is 12. The lowest BCUT2D eigenvalue weighted by molar-refractivity contribution is 0.328. The lowest BCUT2D eigenvalue weighted by Gasteiger charge is -2.15. The van der Waals surface area contributed by atoms with Gasteiger partial charge in [0.05, 0.1) is 0 Å². The minimum Gasteiger partial charge on any atom is -0.363 e. The molecule has 56 heavy (non-hydrogen) atoms. The van der Waals surface area contributed by atoms with Crippen molar-refractivity contribution in [2.45, 2.75) is 64.2 Å². The molecule has 0 saturated heterocycles. The molecule has 0 saturated carbocycles. The van der Waals surface area contributed by atoms with Gasteiger partial charge in [-0.15, -0.1) is 0 Å². The number of hydrogen-bond acceptors (Lipinski definition) is 6. The summed E-state index contributed by atoms with van der Waals surface area (Å²) in [4.78, 5) is 29.5. The molecule has 14 heteroatoms. The Bertz CT molecular complexity index is 2600. The van der Waals surface area contributed by atoms with Crippen LogP contribution in [-0.2, 0) is 0 Å². The summed E-state index contributed by atoms with van der Waals surface area (Å²) in [5.74, 6) is 0.716. The molecule has 4 aliphatic carbocycles. The molecule has 0 aromatic carbocycles. The fourth-order valence-electron chi connectivity index (χ4n) is 7.35. The van der Waals surface area contributed by atoms with Gasteiger partial charge in [0, 0.05) is 44.5 Å². The lowest BCUT2D eigenvalue weighted by atomic mass is 10.1. The second kappa shape index (κ2) is 12.2. The maximum absolute atomic E-state index is 18.4. The molecule has 8 nitrogen and oxygen atoms in total. The van der Waals surface area contributed by atoms with Crippen molar-refractivity contribution in [2.24, 2.45) is 30.0 Å². The molecule has 0 radical (unpaired) electrons. The van der Waals surface area contributed by atoms with Crippen molar-refractivity contribution in [1.29, 1.82) is 0 Å². The molecule has 4 aliphatic heterocycles. The van der Waals surface area contributed by atoms with Crippen molar-refractivity contribution in [3.63, 3.8) is 0 Å². The molecular weight excluding hydrogens is 738 g/mol. The number of hydrogen-bond donors (Lipinski definition) is 0. The van der Waals surface area contributed by atoms with Crippen LogP contribution in [-0.4, -0.2) is 68.2 Å². The fraction of sp³-hybridized carbons (Fsp3) is 0.238. The third-order valence-electron chi connectivity index (χ3n) is 10.3. The molecule has 10 rings (SSSR count). The highest BCUT2D eigenvalue weighted by molar-refractivity contribution is 6.49. The zero-order valence-electron chi connectivity index (χ0n) is 31.3.